The van der Waals surface area contributed by atoms with Crippen molar-refractivity contribution in [2.75, 3.05) is 6.54 Å². The Morgan fingerprint density at radius 2 is 1.90 bits per heavy atom. The lowest BCUT2D eigenvalue weighted by atomic mass is 10.1. The van der Waals surface area contributed by atoms with Gasteiger partial charge in [-0.3, -0.25) is 0 Å². The Morgan fingerprint density at radius 3 is 2.57 bits per heavy atom. The summed E-state index contributed by atoms with van der Waals surface area (Å²) in [6.07, 6.45) is 0.903. The van der Waals surface area contributed by atoms with Crippen molar-refractivity contribution in [3.05, 3.63) is 53.1 Å². The first-order chi connectivity index (χ1) is 10.2. The lowest BCUT2D eigenvalue weighted by Gasteiger charge is -2.07. The van der Waals surface area contributed by atoms with Crippen LogP contribution in [0.1, 0.15) is 12.5 Å². The van der Waals surface area contributed by atoms with Crippen LogP contribution in [0.15, 0.2) is 42.5 Å². The van der Waals surface area contributed by atoms with E-state index in [1.165, 1.54) is 5.56 Å². The molecule has 0 amide bonds. The number of halogens is 1. The number of aromatic nitrogens is 2. The predicted octanol–water partition coefficient (Wildman–Crippen LogP) is 3.88. The van der Waals surface area contributed by atoms with E-state index >= 15 is 0 Å². The summed E-state index contributed by atoms with van der Waals surface area (Å²) in [6.45, 7) is 3.67. The monoisotopic (exact) mass is 299 g/mol. The van der Waals surface area contributed by atoms with Crippen molar-refractivity contribution in [1.82, 2.24) is 9.55 Å². The minimum atomic E-state index is 0.672. The fourth-order valence-electron chi connectivity index (χ4n) is 2.63. The van der Waals surface area contributed by atoms with Gasteiger partial charge in [-0.05, 0) is 43.7 Å². The molecule has 0 saturated heterocycles. The van der Waals surface area contributed by atoms with Gasteiger partial charge < -0.3 is 10.3 Å². The first-order valence-corrected chi connectivity index (χ1v) is 7.56. The number of fused-ring (bicyclic) bond motifs is 1. The zero-order valence-corrected chi connectivity index (χ0v) is 12.8. The third-order valence-corrected chi connectivity index (χ3v) is 3.91. The van der Waals surface area contributed by atoms with Crippen molar-refractivity contribution < 1.29 is 0 Å². The third-order valence-electron chi connectivity index (χ3n) is 3.67. The highest BCUT2D eigenvalue weighted by atomic mass is 35.5. The van der Waals surface area contributed by atoms with E-state index in [1.807, 2.05) is 18.2 Å². The van der Waals surface area contributed by atoms with Crippen LogP contribution in [0.5, 0.6) is 0 Å². The molecule has 0 atom stereocenters. The quantitative estimate of drug-likeness (QED) is 0.794. The Hall–Kier alpha value is -1.84. The predicted molar refractivity (Wildman–Crippen MR) is 88.6 cm³/mol. The number of nitrogens with two attached hydrogens (primary N) is 1. The molecule has 0 aliphatic carbocycles. The van der Waals surface area contributed by atoms with E-state index in [0.29, 0.717) is 11.6 Å². The van der Waals surface area contributed by atoms with Crippen LogP contribution in [-0.2, 0) is 13.0 Å². The largest absolute Gasteiger partial charge is 0.330 e. The van der Waals surface area contributed by atoms with E-state index in [1.54, 1.807) is 0 Å². The number of imidazole rings is 1. The van der Waals surface area contributed by atoms with Crippen molar-refractivity contribution >= 4 is 22.6 Å². The van der Waals surface area contributed by atoms with Gasteiger partial charge in [-0.1, -0.05) is 35.9 Å². The summed E-state index contributed by atoms with van der Waals surface area (Å²) < 4.78 is 2.21. The zero-order chi connectivity index (χ0) is 14.8. The third kappa shape index (κ3) is 2.67. The summed E-state index contributed by atoms with van der Waals surface area (Å²) in [5.41, 5.74) is 10.0. The van der Waals surface area contributed by atoms with Gasteiger partial charge in [0.2, 0.25) is 0 Å². The maximum atomic E-state index is 6.06. The number of nitrogens with zero attached hydrogens (tertiary/aromatic N) is 2. The van der Waals surface area contributed by atoms with Crippen LogP contribution >= 0.6 is 11.6 Å². The van der Waals surface area contributed by atoms with E-state index < -0.39 is 0 Å². The highest BCUT2D eigenvalue weighted by Gasteiger charge is 2.11. The van der Waals surface area contributed by atoms with Crippen molar-refractivity contribution in [3.8, 4) is 11.4 Å². The summed E-state index contributed by atoms with van der Waals surface area (Å²) in [7, 11) is 0. The topological polar surface area (TPSA) is 43.8 Å². The molecule has 1 aromatic heterocycles. The molecule has 0 radical (unpaired) electrons. The van der Waals surface area contributed by atoms with Crippen LogP contribution in [0.4, 0.5) is 0 Å². The van der Waals surface area contributed by atoms with Gasteiger partial charge in [-0.25, -0.2) is 4.98 Å². The molecule has 2 N–H and O–H groups in total. The lowest BCUT2D eigenvalue weighted by Crippen LogP contribution is -2.02. The van der Waals surface area contributed by atoms with Gasteiger partial charge in [-0.2, -0.15) is 0 Å². The minimum Gasteiger partial charge on any atom is -0.330 e. The highest BCUT2D eigenvalue weighted by Crippen LogP contribution is 2.27. The molecule has 21 heavy (non-hydrogen) atoms. The number of aryl methyl sites for hydroxylation is 1. The second-order valence-corrected chi connectivity index (χ2v) is 5.48. The van der Waals surface area contributed by atoms with Crippen molar-refractivity contribution in [3.63, 3.8) is 0 Å². The van der Waals surface area contributed by atoms with Gasteiger partial charge in [-0.15, -0.1) is 0 Å². The van der Waals surface area contributed by atoms with E-state index in [-0.39, 0.29) is 0 Å². The van der Waals surface area contributed by atoms with Crippen molar-refractivity contribution in [2.45, 2.75) is 19.9 Å². The van der Waals surface area contributed by atoms with Gasteiger partial charge in [0.15, 0.2) is 0 Å². The molecular formula is C17H18ClN3. The molecule has 108 valence electrons. The van der Waals surface area contributed by atoms with Gasteiger partial charge >= 0.3 is 0 Å². The maximum absolute atomic E-state index is 6.06. The first-order valence-electron chi connectivity index (χ1n) is 7.18. The van der Waals surface area contributed by atoms with Crippen molar-refractivity contribution in [2.24, 2.45) is 5.73 Å². The van der Waals surface area contributed by atoms with Crippen LogP contribution in [0.3, 0.4) is 0 Å². The van der Waals surface area contributed by atoms with E-state index in [9.17, 15) is 0 Å². The van der Waals surface area contributed by atoms with E-state index in [2.05, 4.69) is 35.8 Å². The molecule has 4 heteroatoms. The Bertz CT molecular complexity index is 760. The molecule has 1 heterocycles. The smallest absolute Gasteiger partial charge is 0.141 e. The molecule has 0 unspecified atom stereocenters. The Balaban J connectivity index is 2.10. The average Bonchev–Trinajstić information content (AvgIpc) is 2.85. The van der Waals surface area contributed by atoms with Crippen LogP contribution in [0, 0.1) is 0 Å². The van der Waals surface area contributed by atoms with E-state index in [0.717, 1.165) is 35.4 Å². The Morgan fingerprint density at radius 1 is 1.14 bits per heavy atom. The molecular weight excluding hydrogens is 282 g/mol. The summed E-state index contributed by atoms with van der Waals surface area (Å²) >= 11 is 6.06. The second kappa shape index (κ2) is 5.88. The maximum Gasteiger partial charge on any atom is 0.141 e. The summed E-state index contributed by atoms with van der Waals surface area (Å²) in [5.74, 6) is 0.981. The molecule has 0 saturated carbocycles. The molecule has 0 bridgehead atoms. The van der Waals surface area contributed by atoms with Crippen LogP contribution in [0.25, 0.3) is 22.4 Å². The summed E-state index contributed by atoms with van der Waals surface area (Å²) in [6, 6.07) is 14.3. The summed E-state index contributed by atoms with van der Waals surface area (Å²) in [4.78, 5) is 4.74. The SMILES string of the molecule is CCn1c(-c2ccc(CCN)cc2)nc2cc(Cl)ccc21. The number of benzene rings is 2. The molecule has 0 fully saturated rings. The average molecular weight is 300 g/mol. The first kappa shape index (κ1) is 14.1. The number of hydrogen-bond donors (Lipinski definition) is 1. The van der Waals surface area contributed by atoms with Gasteiger partial charge in [0.25, 0.3) is 0 Å². The Kier molecular flexibility index (Phi) is 3.95. The molecule has 3 rings (SSSR count). The molecule has 3 nitrogen and oxygen atoms in total. The number of rotatable bonds is 4. The molecule has 3 aromatic rings. The standard InChI is InChI=1S/C17H18ClN3/c1-2-21-16-8-7-14(18)11-15(16)20-17(21)13-5-3-12(4-6-13)9-10-19/h3-8,11H,2,9-10,19H2,1H3. The summed E-state index contributed by atoms with van der Waals surface area (Å²) in [5, 5.41) is 0.716. The fourth-order valence-corrected chi connectivity index (χ4v) is 2.80. The van der Waals surface area contributed by atoms with Gasteiger partial charge in [0.1, 0.15) is 5.82 Å². The minimum absolute atomic E-state index is 0.672. The Labute approximate surface area is 129 Å². The molecule has 0 aliphatic heterocycles. The van der Waals surface area contributed by atoms with Gasteiger partial charge in [0.05, 0.1) is 11.0 Å². The van der Waals surface area contributed by atoms with E-state index in [4.69, 9.17) is 22.3 Å². The van der Waals surface area contributed by atoms with Gasteiger partial charge in [0, 0.05) is 17.1 Å². The molecule has 0 spiro atoms. The second-order valence-electron chi connectivity index (χ2n) is 5.05. The van der Waals surface area contributed by atoms with Crippen LogP contribution in [-0.4, -0.2) is 16.1 Å². The zero-order valence-electron chi connectivity index (χ0n) is 12.0. The van der Waals surface area contributed by atoms with Crippen LogP contribution < -0.4 is 5.73 Å². The highest BCUT2D eigenvalue weighted by molar-refractivity contribution is 6.31. The molecule has 2 aromatic carbocycles. The lowest BCUT2D eigenvalue weighted by molar-refractivity contribution is 0.796. The molecule has 0 aliphatic rings. The van der Waals surface area contributed by atoms with Crippen molar-refractivity contribution in [1.29, 1.82) is 0 Å². The normalized spacial score (nSPS) is 11.2. The number of hydrogen-bond acceptors (Lipinski definition) is 2. The van der Waals surface area contributed by atoms with Crippen LogP contribution in [0.2, 0.25) is 5.02 Å². The fraction of sp³-hybridized carbons (Fsp3) is 0.235.